The summed E-state index contributed by atoms with van der Waals surface area (Å²) in [5.74, 6) is 1.24. The van der Waals surface area contributed by atoms with Crippen LogP contribution in [0.25, 0.3) is 10.8 Å². The lowest BCUT2D eigenvalue weighted by molar-refractivity contribution is 0.102. The second-order valence-electron chi connectivity index (χ2n) is 7.44. The topological polar surface area (TPSA) is 102 Å². The first-order chi connectivity index (χ1) is 14.3. The Kier molecular flexibility index (Phi) is 5.99. The largest absolute Gasteiger partial charge is 0.410 e. The summed E-state index contributed by atoms with van der Waals surface area (Å²) in [5, 5.41) is 8.55. The maximum absolute atomic E-state index is 12.4. The number of hydrogen-bond donors (Lipinski definition) is 1. The van der Waals surface area contributed by atoms with Gasteiger partial charge in [0.25, 0.3) is 11.1 Å². The number of fused-ring (bicyclic) bond motifs is 1. The normalized spacial score (nSPS) is 16.3. The molecule has 1 N–H and O–H groups in total. The number of ketones is 1. The lowest BCUT2D eigenvalue weighted by atomic mass is 9.90. The van der Waals surface area contributed by atoms with E-state index in [1.54, 1.807) is 35.6 Å². The van der Waals surface area contributed by atoms with Crippen molar-refractivity contribution in [1.82, 2.24) is 10.2 Å². The molecule has 2 aromatic heterocycles. The van der Waals surface area contributed by atoms with Gasteiger partial charge >= 0.3 is 0 Å². The van der Waals surface area contributed by atoms with E-state index >= 15 is 0 Å². The third-order valence-electron chi connectivity index (χ3n) is 4.78. The summed E-state index contributed by atoms with van der Waals surface area (Å²) in [4.78, 5) is 14.8. The number of aryl methyl sites for hydroxylation is 1. The fraction of sp³-hybridized carbons (Fsp3) is 0.350. The summed E-state index contributed by atoms with van der Waals surface area (Å²) in [6.45, 7) is 2.27. The van der Waals surface area contributed by atoms with Crippen LogP contribution in [0.5, 0.6) is 0 Å². The van der Waals surface area contributed by atoms with Crippen LogP contribution in [0.15, 0.2) is 40.0 Å². The number of carbonyl (C=O) groups is 1. The molecular formula is C20H21N3O4S3. The predicted octanol–water partition coefficient (Wildman–Crippen LogP) is 4.27. The maximum Gasteiger partial charge on any atom is 0.277 e. The van der Waals surface area contributed by atoms with Gasteiger partial charge in [0, 0.05) is 16.1 Å². The van der Waals surface area contributed by atoms with E-state index in [4.69, 9.17) is 4.42 Å². The van der Waals surface area contributed by atoms with Crippen molar-refractivity contribution in [3.05, 3.63) is 46.3 Å². The number of thioether (sulfide) groups is 1. The minimum atomic E-state index is -3.35. The SMILES string of the molecule is C[C@@H]1CCc2sc(-c3nnc(SCC(=O)c4ccc(NS(C)(=O)=O)cc4)o3)cc2C1. The van der Waals surface area contributed by atoms with E-state index in [9.17, 15) is 13.2 Å². The lowest BCUT2D eigenvalue weighted by Gasteiger charge is -2.16. The van der Waals surface area contributed by atoms with Crippen molar-refractivity contribution in [3.8, 4) is 10.8 Å². The molecule has 0 unspecified atom stereocenters. The molecule has 0 spiro atoms. The van der Waals surface area contributed by atoms with E-state index in [1.807, 2.05) is 0 Å². The molecule has 0 saturated carbocycles. The van der Waals surface area contributed by atoms with Gasteiger partial charge in [0.05, 0.1) is 16.9 Å². The summed E-state index contributed by atoms with van der Waals surface area (Å²) in [5.41, 5.74) is 2.28. The summed E-state index contributed by atoms with van der Waals surface area (Å²) in [6, 6.07) is 8.45. The van der Waals surface area contributed by atoms with E-state index in [-0.39, 0.29) is 11.5 Å². The Hall–Kier alpha value is -2.17. The first kappa shape index (κ1) is 21.1. The van der Waals surface area contributed by atoms with Gasteiger partial charge in [-0.15, -0.1) is 21.5 Å². The average molecular weight is 464 g/mol. The number of hydrogen-bond acceptors (Lipinski definition) is 8. The van der Waals surface area contributed by atoms with E-state index in [0.29, 0.717) is 28.3 Å². The molecule has 1 aliphatic rings. The molecule has 0 amide bonds. The van der Waals surface area contributed by atoms with Crippen molar-refractivity contribution in [1.29, 1.82) is 0 Å². The number of thiophene rings is 1. The summed E-state index contributed by atoms with van der Waals surface area (Å²) in [7, 11) is -3.35. The third-order valence-corrected chi connectivity index (χ3v) is 7.43. The molecule has 1 aromatic carbocycles. The Bertz CT molecular complexity index is 1170. The van der Waals surface area contributed by atoms with Crippen LogP contribution in [0, 0.1) is 5.92 Å². The van der Waals surface area contributed by atoms with Gasteiger partial charge in [-0.1, -0.05) is 18.7 Å². The van der Waals surface area contributed by atoms with Crippen LogP contribution in [0.3, 0.4) is 0 Å². The molecule has 0 bridgehead atoms. The molecule has 0 aliphatic heterocycles. The van der Waals surface area contributed by atoms with E-state index < -0.39 is 10.0 Å². The molecule has 2 heterocycles. The fourth-order valence-electron chi connectivity index (χ4n) is 3.33. The molecule has 0 fully saturated rings. The van der Waals surface area contributed by atoms with Crippen LogP contribution in [0.2, 0.25) is 0 Å². The number of rotatable bonds is 7. The number of sulfonamides is 1. The Morgan fingerprint density at radius 3 is 2.80 bits per heavy atom. The van der Waals surface area contributed by atoms with Gasteiger partial charge in [0.2, 0.25) is 10.0 Å². The van der Waals surface area contributed by atoms with Crippen molar-refractivity contribution in [2.75, 3.05) is 16.7 Å². The quantitative estimate of drug-likeness (QED) is 0.412. The number of Topliss-reactive ketones (excluding diaryl/α,β-unsaturated/α-hetero) is 1. The van der Waals surface area contributed by atoms with Crippen molar-refractivity contribution in [2.24, 2.45) is 5.92 Å². The van der Waals surface area contributed by atoms with Gasteiger partial charge in [-0.05, 0) is 61.1 Å². The van der Waals surface area contributed by atoms with E-state index in [2.05, 4.69) is 27.9 Å². The Morgan fingerprint density at radius 2 is 2.07 bits per heavy atom. The fourth-order valence-corrected chi connectivity index (χ4v) is 5.68. The average Bonchev–Trinajstić information content (AvgIpc) is 3.31. The number of nitrogens with zero attached hydrogens (tertiary/aromatic N) is 2. The van der Waals surface area contributed by atoms with Gasteiger partial charge < -0.3 is 4.42 Å². The first-order valence-corrected chi connectivity index (χ1v) is 13.2. The summed E-state index contributed by atoms with van der Waals surface area (Å²) >= 11 is 2.90. The van der Waals surface area contributed by atoms with E-state index in [0.717, 1.165) is 24.0 Å². The van der Waals surface area contributed by atoms with Crippen LogP contribution in [0.1, 0.15) is 34.1 Å². The van der Waals surface area contributed by atoms with E-state index in [1.165, 1.54) is 28.6 Å². The zero-order chi connectivity index (χ0) is 21.3. The van der Waals surface area contributed by atoms with Crippen molar-refractivity contribution < 1.29 is 17.6 Å². The number of anilines is 1. The highest BCUT2D eigenvalue weighted by Gasteiger charge is 2.21. The number of benzene rings is 1. The molecule has 158 valence electrons. The predicted molar refractivity (Wildman–Crippen MR) is 119 cm³/mol. The highest BCUT2D eigenvalue weighted by molar-refractivity contribution is 7.99. The van der Waals surface area contributed by atoms with Crippen LogP contribution in [-0.2, 0) is 22.9 Å². The molecule has 3 aromatic rings. The minimum Gasteiger partial charge on any atom is -0.410 e. The van der Waals surface area contributed by atoms with Crippen molar-refractivity contribution in [2.45, 2.75) is 31.4 Å². The van der Waals surface area contributed by atoms with Gasteiger partial charge in [-0.25, -0.2) is 8.42 Å². The van der Waals surface area contributed by atoms with Gasteiger partial charge in [-0.3, -0.25) is 9.52 Å². The van der Waals surface area contributed by atoms with Crippen LogP contribution < -0.4 is 4.72 Å². The van der Waals surface area contributed by atoms with Crippen LogP contribution in [-0.4, -0.2) is 36.4 Å². The number of carbonyl (C=O) groups excluding carboxylic acids is 1. The highest BCUT2D eigenvalue weighted by Crippen LogP contribution is 2.37. The Labute approximate surface area is 183 Å². The second-order valence-corrected chi connectivity index (χ2v) is 11.3. The zero-order valence-corrected chi connectivity index (χ0v) is 19.0. The minimum absolute atomic E-state index is 0.105. The van der Waals surface area contributed by atoms with Crippen molar-refractivity contribution in [3.63, 3.8) is 0 Å². The molecule has 4 rings (SSSR count). The maximum atomic E-state index is 12.4. The molecule has 30 heavy (non-hydrogen) atoms. The van der Waals surface area contributed by atoms with Crippen molar-refractivity contribution >= 4 is 44.6 Å². The highest BCUT2D eigenvalue weighted by atomic mass is 32.2. The Balaban J connectivity index is 1.37. The smallest absolute Gasteiger partial charge is 0.277 e. The number of nitrogens with one attached hydrogen (secondary N) is 1. The third kappa shape index (κ3) is 5.11. The Morgan fingerprint density at radius 1 is 1.30 bits per heavy atom. The van der Waals surface area contributed by atoms with Gasteiger partial charge in [0.15, 0.2) is 5.78 Å². The summed E-state index contributed by atoms with van der Waals surface area (Å²) in [6.07, 6.45) is 4.48. The standard InChI is InChI=1S/C20H21N3O4S3/c1-12-3-8-17-14(9-12)10-18(29-17)19-21-22-20(27-19)28-11-16(24)13-4-6-15(7-5-13)23-30(2,25)26/h4-7,10,12,23H,3,8-9,11H2,1-2H3/t12-/m1/s1. The first-order valence-electron chi connectivity index (χ1n) is 9.46. The van der Waals surface area contributed by atoms with Crippen LogP contribution in [0.4, 0.5) is 5.69 Å². The molecule has 7 nitrogen and oxygen atoms in total. The second kappa shape index (κ2) is 8.52. The van der Waals surface area contributed by atoms with Gasteiger partial charge in [0.1, 0.15) is 0 Å². The number of aromatic nitrogens is 2. The molecular weight excluding hydrogens is 442 g/mol. The molecule has 1 atom stereocenters. The molecule has 0 saturated heterocycles. The zero-order valence-electron chi connectivity index (χ0n) is 16.5. The summed E-state index contributed by atoms with van der Waals surface area (Å²) < 4.78 is 30.6. The monoisotopic (exact) mass is 463 g/mol. The molecule has 1 aliphatic carbocycles. The van der Waals surface area contributed by atoms with Gasteiger partial charge in [-0.2, -0.15) is 0 Å². The van der Waals surface area contributed by atoms with Crippen LogP contribution >= 0.6 is 23.1 Å². The molecule has 0 radical (unpaired) electrons. The lowest BCUT2D eigenvalue weighted by Crippen LogP contribution is -2.10. The molecule has 10 heteroatoms.